The van der Waals surface area contributed by atoms with Gasteiger partial charge in [-0.05, 0) is 6.42 Å². The van der Waals surface area contributed by atoms with Crippen molar-refractivity contribution in [3.8, 4) is 0 Å². The van der Waals surface area contributed by atoms with Gasteiger partial charge in [0.05, 0.1) is 0 Å². The fraction of sp³-hybridized carbons (Fsp3) is 0.615. The maximum Gasteiger partial charge on any atom is 0.352 e. The third kappa shape index (κ3) is 2.53. The van der Waals surface area contributed by atoms with E-state index in [0.29, 0.717) is 17.7 Å². The van der Waals surface area contributed by atoms with Crippen LogP contribution in [0.5, 0.6) is 0 Å². The summed E-state index contributed by atoms with van der Waals surface area (Å²) in [5.74, 6) is -1.69. The zero-order valence-electron chi connectivity index (χ0n) is 11.9. The highest BCUT2D eigenvalue weighted by molar-refractivity contribution is 8.00. The van der Waals surface area contributed by atoms with Crippen molar-refractivity contribution in [1.29, 1.82) is 0 Å². The number of carbonyl (C=O) groups excluding carboxylic acids is 2. The summed E-state index contributed by atoms with van der Waals surface area (Å²) >= 11 is 1.41. The number of carbonyl (C=O) groups is 3. The molecule has 0 aromatic carbocycles. The molecule has 0 spiro atoms. The number of esters is 1. The molecule has 0 bridgehead atoms. The predicted octanol–water partition coefficient (Wildman–Crippen LogP) is 0.301. The highest BCUT2D eigenvalue weighted by Gasteiger charge is 2.61. The molecule has 8 heteroatoms. The minimum atomic E-state index is -1.20. The molecular weight excluding hydrogens is 296 g/mol. The lowest BCUT2D eigenvalue weighted by Crippen LogP contribution is -2.77. The van der Waals surface area contributed by atoms with Gasteiger partial charge in [0, 0.05) is 18.2 Å². The summed E-state index contributed by atoms with van der Waals surface area (Å²) in [4.78, 5) is 35.9. The number of carboxylic acid groups (broad SMARTS) is 1. The van der Waals surface area contributed by atoms with Crippen molar-refractivity contribution in [3.63, 3.8) is 0 Å². The largest absolute Gasteiger partial charge is 0.477 e. The molecule has 2 rings (SSSR count). The summed E-state index contributed by atoms with van der Waals surface area (Å²) in [7, 11) is 0. The summed E-state index contributed by atoms with van der Waals surface area (Å²) in [5, 5.41) is 9.01. The maximum absolute atomic E-state index is 12.3. The second-order valence-corrected chi connectivity index (χ2v) is 6.23. The number of hydrogen-bond acceptors (Lipinski definition) is 6. The van der Waals surface area contributed by atoms with Crippen molar-refractivity contribution < 1.29 is 24.2 Å². The van der Waals surface area contributed by atoms with Gasteiger partial charge >= 0.3 is 11.9 Å². The van der Waals surface area contributed by atoms with Crippen LogP contribution in [-0.4, -0.2) is 51.1 Å². The molecule has 1 saturated heterocycles. The van der Waals surface area contributed by atoms with Gasteiger partial charge in [-0.3, -0.25) is 14.5 Å². The second-order valence-electron chi connectivity index (χ2n) is 5.17. The van der Waals surface area contributed by atoms with Gasteiger partial charge in [-0.25, -0.2) is 4.79 Å². The Hall–Kier alpha value is -1.54. The van der Waals surface area contributed by atoms with E-state index in [9.17, 15) is 19.5 Å². The van der Waals surface area contributed by atoms with E-state index >= 15 is 0 Å². The van der Waals surface area contributed by atoms with E-state index in [2.05, 4.69) is 0 Å². The van der Waals surface area contributed by atoms with Crippen LogP contribution in [0, 0.1) is 0 Å². The van der Waals surface area contributed by atoms with E-state index < -0.39 is 17.5 Å². The summed E-state index contributed by atoms with van der Waals surface area (Å²) in [6, 6.07) is 0. The van der Waals surface area contributed by atoms with E-state index in [-0.39, 0.29) is 23.6 Å². The van der Waals surface area contributed by atoms with Gasteiger partial charge in [0.25, 0.3) is 5.91 Å². The lowest BCUT2D eigenvalue weighted by Gasteiger charge is -2.55. The second kappa shape index (κ2) is 5.69. The number of nitrogens with two attached hydrogens (primary N) is 1. The fourth-order valence-electron chi connectivity index (χ4n) is 2.66. The predicted molar refractivity (Wildman–Crippen MR) is 76.2 cm³/mol. The zero-order valence-corrected chi connectivity index (χ0v) is 12.7. The molecule has 2 aliphatic heterocycles. The normalized spacial score (nSPS) is 28.0. The molecule has 1 unspecified atom stereocenters. The highest BCUT2D eigenvalue weighted by atomic mass is 32.2. The third-order valence-corrected chi connectivity index (χ3v) is 5.06. The van der Waals surface area contributed by atoms with Gasteiger partial charge < -0.3 is 15.6 Å². The molecule has 2 heterocycles. The van der Waals surface area contributed by atoms with Crippen LogP contribution in [0.3, 0.4) is 0 Å². The first-order valence-electron chi connectivity index (χ1n) is 6.65. The molecule has 2 aliphatic rings. The third-order valence-electron chi connectivity index (χ3n) is 3.60. The quantitative estimate of drug-likeness (QED) is 0.554. The molecule has 21 heavy (non-hydrogen) atoms. The van der Waals surface area contributed by atoms with Crippen LogP contribution in [0.15, 0.2) is 11.3 Å². The zero-order chi connectivity index (χ0) is 15.8. The number of β-lactam (4-membered cyclic amide) rings is 1. The Labute approximate surface area is 126 Å². The van der Waals surface area contributed by atoms with Gasteiger partial charge in [0.15, 0.2) is 0 Å². The number of ether oxygens (including phenoxy) is 1. The summed E-state index contributed by atoms with van der Waals surface area (Å²) < 4.78 is 4.86. The molecule has 1 fully saturated rings. The Morgan fingerprint density at radius 2 is 2.24 bits per heavy atom. The molecule has 0 aromatic heterocycles. The molecule has 0 aromatic rings. The first-order valence-corrected chi connectivity index (χ1v) is 7.70. The maximum atomic E-state index is 12.3. The van der Waals surface area contributed by atoms with E-state index in [4.69, 9.17) is 10.5 Å². The summed E-state index contributed by atoms with van der Waals surface area (Å²) in [5.41, 5.74) is 5.46. The average molecular weight is 314 g/mol. The van der Waals surface area contributed by atoms with Crippen LogP contribution < -0.4 is 5.73 Å². The molecular formula is C13H18N2O5S. The lowest BCUT2D eigenvalue weighted by atomic mass is 9.83. The number of nitrogens with zero attached hydrogens (tertiary/aromatic N) is 1. The van der Waals surface area contributed by atoms with E-state index in [1.165, 1.54) is 23.6 Å². The van der Waals surface area contributed by atoms with Crippen LogP contribution in [-0.2, 0) is 19.1 Å². The van der Waals surface area contributed by atoms with E-state index in [0.717, 1.165) is 6.42 Å². The van der Waals surface area contributed by atoms with Crippen molar-refractivity contribution in [2.75, 3.05) is 12.4 Å². The Kier molecular flexibility index (Phi) is 4.29. The van der Waals surface area contributed by atoms with E-state index in [1.54, 1.807) is 0 Å². The van der Waals surface area contributed by atoms with Gasteiger partial charge in [-0.2, -0.15) is 0 Å². The Balaban J connectivity index is 2.28. The van der Waals surface area contributed by atoms with Crippen LogP contribution in [0.4, 0.5) is 0 Å². The van der Waals surface area contributed by atoms with Crippen molar-refractivity contribution in [2.45, 2.75) is 37.6 Å². The van der Waals surface area contributed by atoms with Gasteiger partial charge in [-0.1, -0.05) is 13.3 Å². The summed E-state index contributed by atoms with van der Waals surface area (Å²) in [6.45, 7) is 3.06. The lowest BCUT2D eigenvalue weighted by molar-refractivity contribution is -0.155. The standard InChI is InChI=1S/C13H18N2O5S/c1-3-4-13(14)11(19)15-9(10(17)18)8(5-20-7(2)16)6-21-12(13)15/h12H,3-6,14H2,1-2H3,(H,17,18)/t12-,13?/m1/s1. The smallest absolute Gasteiger partial charge is 0.352 e. The number of carboxylic acids is 1. The van der Waals surface area contributed by atoms with Crippen LogP contribution in [0.25, 0.3) is 0 Å². The van der Waals surface area contributed by atoms with Crippen molar-refractivity contribution in [1.82, 2.24) is 4.90 Å². The Morgan fingerprint density at radius 3 is 2.76 bits per heavy atom. The highest BCUT2D eigenvalue weighted by Crippen LogP contribution is 2.46. The minimum absolute atomic E-state index is 0.0952. The van der Waals surface area contributed by atoms with Crippen LogP contribution >= 0.6 is 11.8 Å². The molecule has 7 nitrogen and oxygen atoms in total. The molecule has 0 saturated carbocycles. The van der Waals surface area contributed by atoms with Gasteiger partial charge in [0.1, 0.15) is 23.2 Å². The Bertz CT molecular complexity index is 533. The van der Waals surface area contributed by atoms with Crippen LogP contribution in [0.2, 0.25) is 0 Å². The number of hydrogen-bond donors (Lipinski definition) is 2. The number of aliphatic carboxylic acids is 1. The number of rotatable bonds is 5. The fourth-order valence-corrected chi connectivity index (χ4v) is 4.10. The SMILES string of the molecule is CCCC1(N)C(=O)N2C(C(=O)O)=C(COC(C)=O)CS[C@@H]21. The minimum Gasteiger partial charge on any atom is -0.477 e. The first-order chi connectivity index (χ1) is 9.82. The Morgan fingerprint density at radius 1 is 1.57 bits per heavy atom. The van der Waals surface area contributed by atoms with Gasteiger partial charge in [-0.15, -0.1) is 11.8 Å². The molecule has 0 aliphatic carbocycles. The molecule has 3 N–H and O–H groups in total. The molecule has 116 valence electrons. The topological polar surface area (TPSA) is 110 Å². The van der Waals surface area contributed by atoms with Crippen molar-refractivity contribution in [3.05, 3.63) is 11.3 Å². The van der Waals surface area contributed by atoms with Crippen molar-refractivity contribution >= 4 is 29.6 Å². The molecule has 1 amide bonds. The van der Waals surface area contributed by atoms with Crippen LogP contribution in [0.1, 0.15) is 26.7 Å². The molecule has 2 atom stereocenters. The summed E-state index contributed by atoms with van der Waals surface area (Å²) in [6.07, 6.45) is 1.27. The number of fused-ring (bicyclic) bond motifs is 1. The average Bonchev–Trinajstić information content (AvgIpc) is 2.43. The number of thioether (sulfide) groups is 1. The number of amides is 1. The molecule has 0 radical (unpaired) electrons. The van der Waals surface area contributed by atoms with Gasteiger partial charge in [0.2, 0.25) is 0 Å². The monoisotopic (exact) mass is 314 g/mol. The van der Waals surface area contributed by atoms with Crippen molar-refractivity contribution in [2.24, 2.45) is 5.73 Å². The van der Waals surface area contributed by atoms with E-state index in [1.807, 2.05) is 6.92 Å². The first kappa shape index (κ1) is 15.8.